The Morgan fingerprint density at radius 3 is 2.50 bits per heavy atom. The summed E-state index contributed by atoms with van der Waals surface area (Å²) in [5.41, 5.74) is 2.17. The number of rotatable bonds is 4. The van der Waals surface area contributed by atoms with E-state index in [0.29, 0.717) is 24.6 Å². The number of amides is 1. The van der Waals surface area contributed by atoms with E-state index in [1.54, 1.807) is 19.1 Å². The average Bonchev–Trinajstić information content (AvgIpc) is 2.50. The van der Waals surface area contributed by atoms with E-state index in [2.05, 4.69) is 0 Å². The summed E-state index contributed by atoms with van der Waals surface area (Å²) in [5.74, 6) is 1.35. The molecule has 1 aliphatic rings. The Bertz CT molecular complexity index is 489. The molecule has 0 bridgehead atoms. The summed E-state index contributed by atoms with van der Waals surface area (Å²) in [5, 5.41) is 8.67. The molecule has 0 unspecified atom stereocenters. The number of methoxy groups -OCH3 is 2. The number of hydrogen-bond donors (Lipinski definition) is 1. The Morgan fingerprint density at radius 1 is 1.25 bits per heavy atom. The Hall–Kier alpha value is -1.95. The minimum atomic E-state index is -0.403. The van der Waals surface area contributed by atoms with Gasteiger partial charge in [-0.05, 0) is 29.7 Å². The van der Waals surface area contributed by atoms with Gasteiger partial charge in [0.2, 0.25) is 0 Å². The minimum Gasteiger partial charge on any atom is -0.493 e. The van der Waals surface area contributed by atoms with Crippen LogP contribution in [0.1, 0.15) is 11.1 Å². The van der Waals surface area contributed by atoms with Gasteiger partial charge in [0.15, 0.2) is 11.5 Å². The highest BCUT2D eigenvalue weighted by molar-refractivity contribution is 5.68. The van der Waals surface area contributed by atoms with Crippen molar-refractivity contribution in [3.63, 3.8) is 0 Å². The van der Waals surface area contributed by atoms with Crippen LogP contribution in [0.25, 0.3) is 0 Å². The SMILES string of the molecule is COc1cc2c(cc1OC)CN(C(=O)OCCO)CC2. The van der Waals surface area contributed by atoms with E-state index in [1.807, 2.05) is 12.1 Å². The molecule has 20 heavy (non-hydrogen) atoms. The summed E-state index contributed by atoms with van der Waals surface area (Å²) in [6.45, 7) is 0.919. The molecule has 0 saturated heterocycles. The van der Waals surface area contributed by atoms with Crippen LogP contribution in [0.2, 0.25) is 0 Å². The van der Waals surface area contributed by atoms with Gasteiger partial charge < -0.3 is 24.2 Å². The predicted molar refractivity (Wildman–Crippen MR) is 72.1 cm³/mol. The summed E-state index contributed by atoms with van der Waals surface area (Å²) in [7, 11) is 3.19. The van der Waals surface area contributed by atoms with Gasteiger partial charge >= 0.3 is 6.09 Å². The fraction of sp³-hybridized carbons (Fsp3) is 0.500. The molecule has 0 spiro atoms. The molecule has 1 heterocycles. The Balaban J connectivity index is 2.15. The third kappa shape index (κ3) is 2.96. The van der Waals surface area contributed by atoms with E-state index in [1.165, 1.54) is 0 Å². The number of hydrogen-bond acceptors (Lipinski definition) is 5. The second-order valence-corrected chi connectivity index (χ2v) is 4.49. The summed E-state index contributed by atoms with van der Waals surface area (Å²) in [6.07, 6.45) is 0.337. The number of aliphatic hydroxyl groups excluding tert-OH is 1. The molecule has 0 aromatic heterocycles. The van der Waals surface area contributed by atoms with Crippen LogP contribution in [0.3, 0.4) is 0 Å². The molecule has 0 fully saturated rings. The van der Waals surface area contributed by atoms with Crippen LogP contribution >= 0.6 is 0 Å². The highest BCUT2D eigenvalue weighted by atomic mass is 16.6. The molecule has 0 aliphatic carbocycles. The van der Waals surface area contributed by atoms with Gasteiger partial charge in [-0.1, -0.05) is 0 Å². The molecular weight excluding hydrogens is 262 g/mol. The van der Waals surface area contributed by atoms with Crippen molar-refractivity contribution >= 4 is 6.09 Å². The van der Waals surface area contributed by atoms with E-state index in [-0.39, 0.29) is 13.2 Å². The molecule has 1 aromatic rings. The van der Waals surface area contributed by atoms with Crippen LogP contribution in [0, 0.1) is 0 Å². The molecular formula is C14H19NO5. The molecule has 1 aromatic carbocycles. The largest absolute Gasteiger partial charge is 0.493 e. The van der Waals surface area contributed by atoms with Gasteiger partial charge in [0, 0.05) is 13.1 Å². The van der Waals surface area contributed by atoms with Gasteiger partial charge in [-0.25, -0.2) is 4.79 Å². The normalized spacial score (nSPS) is 13.7. The fourth-order valence-corrected chi connectivity index (χ4v) is 2.26. The van der Waals surface area contributed by atoms with Gasteiger partial charge in [0.25, 0.3) is 0 Å². The number of nitrogens with zero attached hydrogens (tertiary/aromatic N) is 1. The molecule has 1 N–H and O–H groups in total. The van der Waals surface area contributed by atoms with Crippen LogP contribution in [-0.2, 0) is 17.7 Å². The topological polar surface area (TPSA) is 68.2 Å². The molecule has 6 heteroatoms. The monoisotopic (exact) mass is 281 g/mol. The Morgan fingerprint density at radius 2 is 1.90 bits per heavy atom. The summed E-state index contributed by atoms with van der Waals surface area (Å²) < 4.78 is 15.5. The van der Waals surface area contributed by atoms with Crippen LogP contribution in [-0.4, -0.2) is 50.1 Å². The molecule has 1 amide bonds. The minimum absolute atomic E-state index is 0.0219. The molecule has 2 rings (SSSR count). The van der Waals surface area contributed by atoms with E-state index >= 15 is 0 Å². The maximum atomic E-state index is 11.8. The van der Waals surface area contributed by atoms with Crippen molar-refractivity contribution in [2.75, 3.05) is 34.0 Å². The molecule has 0 saturated carbocycles. The summed E-state index contributed by atoms with van der Waals surface area (Å²) in [6, 6.07) is 3.84. The lowest BCUT2D eigenvalue weighted by Crippen LogP contribution is -2.36. The maximum absolute atomic E-state index is 11.8. The van der Waals surface area contributed by atoms with Crippen LogP contribution in [0.4, 0.5) is 4.79 Å². The lowest BCUT2D eigenvalue weighted by Gasteiger charge is -2.28. The first-order chi connectivity index (χ1) is 9.69. The third-order valence-corrected chi connectivity index (χ3v) is 3.29. The number of carbonyl (C=O) groups excluding carboxylic acids is 1. The van der Waals surface area contributed by atoms with Crippen LogP contribution in [0.5, 0.6) is 11.5 Å². The van der Waals surface area contributed by atoms with E-state index in [4.69, 9.17) is 19.3 Å². The number of benzene rings is 1. The van der Waals surface area contributed by atoms with Crippen molar-refractivity contribution in [2.24, 2.45) is 0 Å². The standard InChI is InChI=1S/C14H19NO5/c1-18-12-7-10-3-4-15(14(17)20-6-5-16)9-11(10)8-13(12)19-2/h7-8,16H,3-6,9H2,1-2H3. The second kappa shape index (κ2) is 6.47. The highest BCUT2D eigenvalue weighted by Crippen LogP contribution is 2.33. The average molecular weight is 281 g/mol. The summed E-state index contributed by atoms with van der Waals surface area (Å²) >= 11 is 0. The zero-order valence-corrected chi connectivity index (χ0v) is 11.7. The number of fused-ring (bicyclic) bond motifs is 1. The third-order valence-electron chi connectivity index (χ3n) is 3.29. The van der Waals surface area contributed by atoms with Gasteiger partial charge in [0.1, 0.15) is 6.61 Å². The zero-order chi connectivity index (χ0) is 14.5. The first-order valence-electron chi connectivity index (χ1n) is 6.46. The van der Waals surface area contributed by atoms with E-state index in [9.17, 15) is 4.79 Å². The molecule has 1 aliphatic heterocycles. The smallest absolute Gasteiger partial charge is 0.410 e. The lowest BCUT2D eigenvalue weighted by atomic mass is 9.99. The van der Waals surface area contributed by atoms with Gasteiger partial charge in [-0.15, -0.1) is 0 Å². The predicted octanol–water partition coefficient (Wildman–Crippen LogP) is 1.19. The van der Waals surface area contributed by atoms with Crippen molar-refractivity contribution < 1.29 is 24.1 Å². The van der Waals surface area contributed by atoms with E-state index in [0.717, 1.165) is 17.5 Å². The van der Waals surface area contributed by atoms with Gasteiger partial charge in [-0.3, -0.25) is 0 Å². The molecule has 0 radical (unpaired) electrons. The number of aliphatic hydroxyl groups is 1. The molecule has 6 nitrogen and oxygen atoms in total. The van der Waals surface area contributed by atoms with Crippen molar-refractivity contribution in [1.29, 1.82) is 0 Å². The maximum Gasteiger partial charge on any atom is 0.410 e. The van der Waals surface area contributed by atoms with E-state index < -0.39 is 6.09 Å². The van der Waals surface area contributed by atoms with Crippen molar-refractivity contribution in [3.05, 3.63) is 23.3 Å². The molecule has 0 atom stereocenters. The fourth-order valence-electron chi connectivity index (χ4n) is 2.26. The van der Waals surface area contributed by atoms with Crippen molar-refractivity contribution in [2.45, 2.75) is 13.0 Å². The van der Waals surface area contributed by atoms with Crippen LogP contribution in [0.15, 0.2) is 12.1 Å². The molecule has 110 valence electrons. The second-order valence-electron chi connectivity index (χ2n) is 4.49. The Labute approximate surface area is 117 Å². The zero-order valence-electron chi connectivity index (χ0n) is 11.7. The highest BCUT2D eigenvalue weighted by Gasteiger charge is 2.23. The Kier molecular flexibility index (Phi) is 4.68. The number of ether oxygens (including phenoxy) is 3. The first kappa shape index (κ1) is 14.5. The van der Waals surface area contributed by atoms with Gasteiger partial charge in [-0.2, -0.15) is 0 Å². The van der Waals surface area contributed by atoms with Crippen molar-refractivity contribution in [1.82, 2.24) is 4.90 Å². The number of carbonyl (C=O) groups is 1. The lowest BCUT2D eigenvalue weighted by molar-refractivity contribution is 0.0805. The summed E-state index contributed by atoms with van der Waals surface area (Å²) in [4.78, 5) is 13.4. The van der Waals surface area contributed by atoms with Crippen molar-refractivity contribution in [3.8, 4) is 11.5 Å². The van der Waals surface area contributed by atoms with Crippen LogP contribution < -0.4 is 9.47 Å². The quantitative estimate of drug-likeness (QED) is 0.898. The first-order valence-corrected chi connectivity index (χ1v) is 6.46. The van der Waals surface area contributed by atoms with Gasteiger partial charge in [0.05, 0.1) is 20.8 Å².